The highest BCUT2D eigenvalue weighted by molar-refractivity contribution is 7.91. The highest BCUT2D eigenvalue weighted by Crippen LogP contribution is 2.34. The van der Waals surface area contributed by atoms with Crippen molar-refractivity contribution in [2.45, 2.75) is 49.3 Å². The Morgan fingerprint density at radius 1 is 1.07 bits per heavy atom. The summed E-state index contributed by atoms with van der Waals surface area (Å²) in [5.74, 6) is -1.18. The normalized spacial score (nSPS) is 21.1. The number of sulfonamides is 1. The first-order chi connectivity index (χ1) is 19.4. The van der Waals surface area contributed by atoms with Crippen LogP contribution in [0.1, 0.15) is 31.7 Å². The number of rotatable bonds is 10. The van der Waals surface area contributed by atoms with Gasteiger partial charge < -0.3 is 9.47 Å². The van der Waals surface area contributed by atoms with Crippen molar-refractivity contribution in [3.8, 4) is 10.4 Å². The first-order valence-corrected chi connectivity index (χ1v) is 16.6. The van der Waals surface area contributed by atoms with E-state index in [0.717, 1.165) is 48.2 Å². The van der Waals surface area contributed by atoms with Crippen LogP contribution in [0.5, 0.6) is 0 Å². The van der Waals surface area contributed by atoms with Gasteiger partial charge in [-0.2, -0.15) is 21.3 Å². The van der Waals surface area contributed by atoms with E-state index < -0.39 is 38.5 Å². The summed E-state index contributed by atoms with van der Waals surface area (Å²) < 4.78 is 66.8. The molecular weight excluding hydrogens is 596 g/mol. The number of amides is 1. The Labute approximate surface area is 244 Å². The summed E-state index contributed by atoms with van der Waals surface area (Å²) in [5, 5.41) is 0. The molecule has 2 fully saturated rings. The maximum atomic E-state index is 13.8. The minimum atomic E-state index is -4.19. The fourth-order valence-corrected chi connectivity index (χ4v) is 8.47. The molecule has 4 rings (SSSR count). The summed E-state index contributed by atoms with van der Waals surface area (Å²) in [5.41, 5.74) is 3.85. The van der Waals surface area contributed by atoms with Crippen LogP contribution in [0.2, 0.25) is 0 Å². The molecule has 2 atom stereocenters. The number of nitrogens with one attached hydrogen (secondary N) is 1. The second-order valence-corrected chi connectivity index (χ2v) is 15.1. The monoisotopic (exact) mass is 630 g/mol. The van der Waals surface area contributed by atoms with E-state index >= 15 is 0 Å². The largest absolute Gasteiger partial charge is 0.461 e. The van der Waals surface area contributed by atoms with Gasteiger partial charge in [0.05, 0.1) is 0 Å². The van der Waals surface area contributed by atoms with Crippen molar-refractivity contribution in [1.29, 1.82) is 0 Å². The number of hydrogen-bond acceptors (Lipinski definition) is 10. The van der Waals surface area contributed by atoms with Crippen molar-refractivity contribution < 1.29 is 40.7 Å². The Kier molecular flexibility index (Phi) is 10.2. The lowest BCUT2D eigenvalue weighted by atomic mass is 10.1. The van der Waals surface area contributed by atoms with E-state index in [4.69, 9.17) is 14.3 Å². The van der Waals surface area contributed by atoms with Crippen LogP contribution in [0.15, 0.2) is 40.6 Å². The number of ether oxygens (including phenoxy) is 2. The van der Waals surface area contributed by atoms with E-state index in [1.54, 1.807) is 30.3 Å². The zero-order valence-corrected chi connectivity index (χ0v) is 25.5. The predicted octanol–water partition coefficient (Wildman–Crippen LogP) is 1.53. The summed E-state index contributed by atoms with van der Waals surface area (Å²) in [6.45, 7) is 1.20. The van der Waals surface area contributed by atoms with Crippen LogP contribution in [0.4, 0.5) is 0 Å². The molecule has 3 heterocycles. The van der Waals surface area contributed by atoms with Gasteiger partial charge in [-0.25, -0.2) is 18.7 Å². The lowest BCUT2D eigenvalue weighted by molar-refractivity contribution is -0.202. The minimum absolute atomic E-state index is 0.00902. The molecule has 41 heavy (non-hydrogen) atoms. The summed E-state index contributed by atoms with van der Waals surface area (Å²) in [7, 11) is -5.36. The Hall–Kier alpha value is -2.44. The summed E-state index contributed by atoms with van der Waals surface area (Å²) in [6.07, 6.45) is 1.63. The van der Waals surface area contributed by atoms with Crippen molar-refractivity contribution in [3.63, 3.8) is 0 Å². The SMILES string of the molecule is CC(=O)OCc1ccc(-c2ccc(S(=O)(=O)N3CCN(S(=O)(=O)N(C)C)CC3C(=O)NOC3CCCCO3)s2)cc1. The number of thiophene rings is 1. The number of carbonyl (C=O) groups excluding carboxylic acids is 2. The molecule has 2 aliphatic rings. The van der Waals surface area contributed by atoms with Gasteiger partial charge in [0.25, 0.3) is 26.1 Å². The van der Waals surface area contributed by atoms with E-state index in [2.05, 4.69) is 5.48 Å². The van der Waals surface area contributed by atoms with Gasteiger partial charge in [0.2, 0.25) is 0 Å². The molecule has 13 nitrogen and oxygen atoms in total. The van der Waals surface area contributed by atoms with Crippen molar-refractivity contribution in [1.82, 2.24) is 18.4 Å². The zero-order valence-electron chi connectivity index (χ0n) is 23.0. The molecule has 2 aliphatic heterocycles. The Morgan fingerprint density at radius 3 is 2.44 bits per heavy atom. The number of nitrogens with zero attached hydrogens (tertiary/aromatic N) is 3. The summed E-state index contributed by atoms with van der Waals surface area (Å²) >= 11 is 1.03. The molecule has 1 amide bonds. The topological polar surface area (TPSA) is 152 Å². The van der Waals surface area contributed by atoms with Gasteiger partial charge >= 0.3 is 5.97 Å². The molecule has 2 unspecified atom stereocenters. The van der Waals surface area contributed by atoms with Crippen molar-refractivity contribution in [2.24, 2.45) is 0 Å². The lowest BCUT2D eigenvalue weighted by Crippen LogP contribution is -2.62. The Morgan fingerprint density at radius 2 is 1.80 bits per heavy atom. The van der Waals surface area contributed by atoms with Crippen LogP contribution in [0.25, 0.3) is 10.4 Å². The first-order valence-electron chi connectivity index (χ1n) is 13.0. The molecule has 0 radical (unpaired) electrons. The van der Waals surface area contributed by atoms with E-state index in [1.807, 2.05) is 0 Å². The van der Waals surface area contributed by atoms with Crippen LogP contribution in [-0.4, -0.2) is 94.3 Å². The van der Waals surface area contributed by atoms with Gasteiger partial charge in [-0.3, -0.25) is 9.59 Å². The van der Waals surface area contributed by atoms with E-state index in [0.29, 0.717) is 17.9 Å². The number of hydrogen-bond donors (Lipinski definition) is 1. The molecule has 1 N–H and O–H groups in total. The van der Waals surface area contributed by atoms with Gasteiger partial charge in [0.1, 0.15) is 16.9 Å². The maximum absolute atomic E-state index is 13.8. The molecule has 0 aliphatic carbocycles. The fraction of sp³-hybridized carbons (Fsp3) is 0.520. The molecule has 0 bridgehead atoms. The number of hydroxylamine groups is 1. The third kappa shape index (κ3) is 7.50. The highest BCUT2D eigenvalue weighted by Gasteiger charge is 2.44. The third-order valence-electron chi connectivity index (χ3n) is 6.64. The van der Waals surface area contributed by atoms with E-state index in [1.165, 1.54) is 27.1 Å². The zero-order chi connectivity index (χ0) is 29.8. The molecule has 0 spiro atoms. The first kappa shape index (κ1) is 31.5. The van der Waals surface area contributed by atoms with Gasteiger partial charge in [-0.05, 0) is 36.1 Å². The molecule has 226 valence electrons. The average molecular weight is 631 g/mol. The van der Waals surface area contributed by atoms with Crippen molar-refractivity contribution in [2.75, 3.05) is 40.3 Å². The standard InChI is InChI=1S/C25H34N4O9S3/c1-18(30)37-17-19-7-9-20(10-8-19)22-11-12-24(39-22)40(32,33)29-14-13-28(41(34,35)27(2)3)16-21(29)25(31)26-38-23-6-4-5-15-36-23/h7-12,21,23H,4-6,13-17H2,1-3H3,(H,26,31). The molecule has 2 aromatic rings. The van der Waals surface area contributed by atoms with E-state index in [9.17, 15) is 26.4 Å². The van der Waals surface area contributed by atoms with Crippen molar-refractivity contribution in [3.05, 3.63) is 42.0 Å². The minimum Gasteiger partial charge on any atom is -0.461 e. The summed E-state index contributed by atoms with van der Waals surface area (Å²) in [4.78, 5) is 30.4. The van der Waals surface area contributed by atoms with Crippen LogP contribution >= 0.6 is 11.3 Å². The number of esters is 1. The quantitative estimate of drug-likeness (QED) is 0.304. The van der Waals surface area contributed by atoms with Crippen LogP contribution < -0.4 is 5.48 Å². The third-order valence-corrected chi connectivity index (χ3v) is 12.1. The molecule has 1 aromatic heterocycles. The van der Waals surface area contributed by atoms with Crippen LogP contribution in [0.3, 0.4) is 0 Å². The summed E-state index contributed by atoms with van der Waals surface area (Å²) in [6, 6.07) is 8.92. The fourth-order valence-electron chi connectivity index (χ4n) is 4.36. The molecule has 1 aromatic carbocycles. The lowest BCUT2D eigenvalue weighted by Gasteiger charge is -2.39. The van der Waals surface area contributed by atoms with Gasteiger partial charge in [0.15, 0.2) is 6.29 Å². The van der Waals surface area contributed by atoms with Gasteiger partial charge in [-0.15, -0.1) is 11.3 Å². The van der Waals surface area contributed by atoms with Gasteiger partial charge in [-0.1, -0.05) is 24.3 Å². The number of carbonyl (C=O) groups is 2. The molecule has 0 saturated carbocycles. The Bertz CT molecular complexity index is 1440. The molecular formula is C25H34N4O9S3. The highest BCUT2D eigenvalue weighted by atomic mass is 32.2. The molecule has 2 saturated heterocycles. The predicted molar refractivity (Wildman–Crippen MR) is 150 cm³/mol. The molecule has 16 heteroatoms. The maximum Gasteiger partial charge on any atom is 0.302 e. The smallest absolute Gasteiger partial charge is 0.302 e. The van der Waals surface area contributed by atoms with Gasteiger partial charge in [0, 0.05) is 58.6 Å². The van der Waals surface area contributed by atoms with Crippen molar-refractivity contribution >= 4 is 43.4 Å². The Balaban J connectivity index is 1.55. The average Bonchev–Trinajstić information content (AvgIpc) is 3.46. The second-order valence-electron chi connectivity index (χ2n) is 9.76. The van der Waals surface area contributed by atoms with E-state index in [-0.39, 0.29) is 36.4 Å². The van der Waals surface area contributed by atoms with Crippen LogP contribution in [-0.2, 0) is 50.7 Å². The number of benzene rings is 1. The number of piperazine rings is 1. The second kappa shape index (κ2) is 13.2. The van der Waals surface area contributed by atoms with Crippen LogP contribution in [0, 0.1) is 0 Å².